The van der Waals surface area contributed by atoms with Crippen LogP contribution in [0.4, 0.5) is 5.69 Å². The van der Waals surface area contributed by atoms with E-state index in [1.165, 1.54) is 6.92 Å². The molecule has 11 nitrogen and oxygen atoms in total. The van der Waals surface area contributed by atoms with Crippen molar-refractivity contribution in [3.8, 4) is 0 Å². The molecule has 0 N–H and O–H groups in total. The van der Waals surface area contributed by atoms with Gasteiger partial charge < -0.3 is 4.74 Å². The molecular weight excluding hydrogens is 311 g/mol. The van der Waals surface area contributed by atoms with Crippen LogP contribution < -0.4 is 0 Å². The molecule has 2 rings (SSSR count). The fourth-order valence-electron chi connectivity index (χ4n) is 1.79. The van der Waals surface area contributed by atoms with Crippen molar-refractivity contribution in [1.82, 2.24) is 10.3 Å². The van der Waals surface area contributed by atoms with Gasteiger partial charge in [-0.25, -0.2) is 9.42 Å². The molecule has 12 heteroatoms. The molecule has 0 bridgehead atoms. The second kappa shape index (κ2) is 7.24. The molecule has 1 aromatic carbocycles. The van der Waals surface area contributed by atoms with Gasteiger partial charge in [0.1, 0.15) is 0 Å². The van der Waals surface area contributed by atoms with Crippen molar-refractivity contribution in [2.75, 3.05) is 6.61 Å². The summed E-state index contributed by atoms with van der Waals surface area (Å²) < 4.78 is 9.02. The van der Waals surface area contributed by atoms with E-state index in [1.54, 1.807) is 0 Å². The molecule has 0 saturated heterocycles. The van der Waals surface area contributed by atoms with E-state index in [-0.39, 0.29) is 52.8 Å². The summed E-state index contributed by atoms with van der Waals surface area (Å²) in [5, 5.41) is 28.7. The second-order valence-electron chi connectivity index (χ2n) is 3.83. The molecule has 0 radical (unpaired) electrons. The number of nitro benzene ring substituents is 1. The van der Waals surface area contributed by atoms with Gasteiger partial charge in [0.05, 0.1) is 17.1 Å². The van der Waals surface area contributed by atoms with Crippen LogP contribution in [0.1, 0.15) is 18.5 Å². The summed E-state index contributed by atoms with van der Waals surface area (Å²) in [7, 11) is 0. The predicted octanol–water partition coefficient (Wildman–Crippen LogP) is 0.363. The number of non-ortho nitro benzene ring substituents is 1. The van der Waals surface area contributed by atoms with Crippen LogP contribution in [-0.4, -0.2) is 62.3 Å². The van der Waals surface area contributed by atoms with Crippen LogP contribution in [0.25, 0.3) is 11.0 Å². The minimum atomic E-state index is -1.86. The Bertz CT molecular complexity index is 731. The third kappa shape index (κ3) is 3.21. The Morgan fingerprint density at radius 1 is 1.32 bits per heavy atom. The first-order valence-corrected chi connectivity index (χ1v) is 5.67. The molecule has 0 aliphatic rings. The molecular formula is C10H9N4NaO7. The summed E-state index contributed by atoms with van der Waals surface area (Å²) in [5.41, 5.74) is -1.10. The molecule has 1 unspecified atom stereocenters. The summed E-state index contributed by atoms with van der Waals surface area (Å²) in [6.45, 7) is 1.45. The van der Waals surface area contributed by atoms with Crippen molar-refractivity contribution in [3.05, 3.63) is 37.9 Å². The predicted molar refractivity (Wildman–Crippen MR) is 72.0 cm³/mol. The van der Waals surface area contributed by atoms with Crippen LogP contribution in [0, 0.1) is 20.2 Å². The zero-order chi connectivity index (χ0) is 15.6. The molecule has 22 heavy (non-hydrogen) atoms. The zero-order valence-corrected chi connectivity index (χ0v) is 10.6. The molecule has 2 aromatic rings. The number of benzene rings is 1. The standard InChI is InChI=1S/C10H8N4O7.Na.H/c1-2-20-10(15)9(14(18)19)5-3-4-6(13(16)17)8-7(5)11-21-12-8;;/h3-4,9H,2H2,1H3;;. The molecule has 0 aliphatic heterocycles. The number of ether oxygens (including phenoxy) is 1. The normalized spacial score (nSPS) is 11.5. The van der Waals surface area contributed by atoms with Crippen molar-refractivity contribution in [3.63, 3.8) is 0 Å². The number of carbonyl (C=O) groups excluding carboxylic acids is 1. The van der Waals surface area contributed by atoms with Crippen LogP contribution in [0.15, 0.2) is 16.8 Å². The van der Waals surface area contributed by atoms with Crippen LogP contribution in [0.3, 0.4) is 0 Å². The Hall–Kier alpha value is -2.11. The third-order valence-electron chi connectivity index (χ3n) is 2.64. The molecule has 1 atom stereocenters. The van der Waals surface area contributed by atoms with Gasteiger partial charge in [-0.2, -0.15) is 0 Å². The zero-order valence-electron chi connectivity index (χ0n) is 10.6. The van der Waals surface area contributed by atoms with Crippen LogP contribution >= 0.6 is 0 Å². The maximum absolute atomic E-state index is 11.7. The SMILES string of the molecule is CCOC(=O)C(c1ccc([N+](=O)[O-])c2nonc12)[N+](=O)[O-].[NaH]. The molecule has 0 fully saturated rings. The van der Waals surface area contributed by atoms with Crippen molar-refractivity contribution in [2.24, 2.45) is 0 Å². The molecule has 1 aromatic heterocycles. The van der Waals surface area contributed by atoms with E-state index in [0.29, 0.717) is 0 Å². The first kappa shape index (κ1) is 17.9. The van der Waals surface area contributed by atoms with E-state index in [4.69, 9.17) is 0 Å². The molecule has 0 aliphatic carbocycles. The van der Waals surface area contributed by atoms with E-state index in [2.05, 4.69) is 19.7 Å². The Morgan fingerprint density at radius 3 is 2.50 bits per heavy atom. The number of rotatable bonds is 5. The summed E-state index contributed by atoms with van der Waals surface area (Å²) in [4.78, 5) is 32.0. The van der Waals surface area contributed by atoms with Gasteiger partial charge in [-0.3, -0.25) is 20.2 Å². The topological polar surface area (TPSA) is 152 Å². The van der Waals surface area contributed by atoms with E-state index >= 15 is 0 Å². The third-order valence-corrected chi connectivity index (χ3v) is 2.64. The van der Waals surface area contributed by atoms with E-state index in [9.17, 15) is 25.0 Å². The van der Waals surface area contributed by atoms with Crippen molar-refractivity contribution >= 4 is 52.2 Å². The molecule has 0 saturated carbocycles. The molecule has 1 heterocycles. The average molecular weight is 320 g/mol. The van der Waals surface area contributed by atoms with Crippen LogP contribution in [0.2, 0.25) is 0 Å². The van der Waals surface area contributed by atoms with Crippen molar-refractivity contribution < 1.29 is 24.0 Å². The first-order valence-electron chi connectivity index (χ1n) is 5.67. The fraction of sp³-hybridized carbons (Fsp3) is 0.300. The van der Waals surface area contributed by atoms with E-state index in [0.717, 1.165) is 12.1 Å². The van der Waals surface area contributed by atoms with Gasteiger partial charge in [-0.05, 0) is 23.3 Å². The number of hydrogen-bond donors (Lipinski definition) is 0. The molecule has 0 spiro atoms. The monoisotopic (exact) mass is 320 g/mol. The van der Waals surface area contributed by atoms with Crippen LogP contribution in [-0.2, 0) is 9.53 Å². The second-order valence-corrected chi connectivity index (χ2v) is 3.83. The first-order chi connectivity index (χ1) is 9.97. The summed E-state index contributed by atoms with van der Waals surface area (Å²) in [6.07, 6.45) is 0. The maximum atomic E-state index is 11.7. The Labute approximate surface area is 144 Å². The van der Waals surface area contributed by atoms with Gasteiger partial charge in [-0.15, -0.1) is 0 Å². The Kier molecular flexibility index (Phi) is 5.91. The van der Waals surface area contributed by atoms with E-state index in [1.807, 2.05) is 0 Å². The van der Waals surface area contributed by atoms with Gasteiger partial charge in [0.25, 0.3) is 0 Å². The number of hydrogen-bond acceptors (Lipinski definition) is 9. The number of nitrogens with zero attached hydrogens (tertiary/aromatic N) is 4. The van der Waals surface area contributed by atoms with Crippen molar-refractivity contribution in [2.45, 2.75) is 13.0 Å². The summed E-state index contributed by atoms with van der Waals surface area (Å²) in [6, 6.07) is 0.201. The fourth-order valence-corrected chi connectivity index (χ4v) is 1.79. The van der Waals surface area contributed by atoms with Gasteiger partial charge in [-0.1, -0.05) is 0 Å². The number of aromatic nitrogens is 2. The molecule has 0 amide bonds. The van der Waals surface area contributed by atoms with Crippen LogP contribution in [0.5, 0.6) is 0 Å². The quantitative estimate of drug-likeness (QED) is 0.329. The molecule has 112 valence electrons. The Balaban J connectivity index is 0.00000242. The minimum absolute atomic E-state index is 0. The number of esters is 1. The Morgan fingerprint density at radius 2 is 1.95 bits per heavy atom. The van der Waals surface area contributed by atoms with Gasteiger partial charge in [0, 0.05) is 11.0 Å². The summed E-state index contributed by atoms with van der Waals surface area (Å²) in [5.74, 6) is -1.10. The van der Waals surface area contributed by atoms with E-state index < -0.39 is 27.5 Å². The number of fused-ring (bicyclic) bond motifs is 1. The van der Waals surface area contributed by atoms with Gasteiger partial charge in [0.15, 0.2) is 5.52 Å². The van der Waals surface area contributed by atoms with Gasteiger partial charge in [0.2, 0.25) is 5.52 Å². The summed E-state index contributed by atoms with van der Waals surface area (Å²) >= 11 is 0. The van der Waals surface area contributed by atoms with Gasteiger partial charge >= 0.3 is 47.3 Å². The van der Waals surface area contributed by atoms with Crippen molar-refractivity contribution in [1.29, 1.82) is 0 Å². The number of carbonyl (C=O) groups is 1. The number of nitro groups is 2. The average Bonchev–Trinajstić information content (AvgIpc) is 2.87.